The van der Waals surface area contributed by atoms with Gasteiger partial charge in [-0.2, -0.15) is 4.98 Å². The summed E-state index contributed by atoms with van der Waals surface area (Å²) < 4.78 is 31.5. The fraction of sp³-hybridized carbons (Fsp3) is 0.333. The minimum Gasteiger partial charge on any atom is -0.398 e. The van der Waals surface area contributed by atoms with Crippen molar-refractivity contribution in [1.29, 1.82) is 0 Å². The van der Waals surface area contributed by atoms with Crippen LogP contribution in [0.4, 0.5) is 5.69 Å². The molecule has 2 rings (SSSR count). The number of sulfonamides is 1. The third-order valence-electron chi connectivity index (χ3n) is 2.98. The molecule has 2 aromatic rings. The zero-order valence-electron chi connectivity index (χ0n) is 11.5. The van der Waals surface area contributed by atoms with Crippen molar-refractivity contribution in [2.24, 2.45) is 0 Å². The van der Waals surface area contributed by atoms with Crippen LogP contribution in [0.15, 0.2) is 21.6 Å². The van der Waals surface area contributed by atoms with Gasteiger partial charge in [0.1, 0.15) is 0 Å². The first-order valence-corrected chi connectivity index (χ1v) is 7.43. The van der Waals surface area contributed by atoms with Crippen molar-refractivity contribution in [2.45, 2.75) is 32.2 Å². The minimum absolute atomic E-state index is 0.0352. The van der Waals surface area contributed by atoms with E-state index in [9.17, 15) is 8.42 Å². The summed E-state index contributed by atoms with van der Waals surface area (Å²) in [6, 6.07) is 3.02. The van der Waals surface area contributed by atoms with Gasteiger partial charge in [-0.1, -0.05) is 5.16 Å². The summed E-state index contributed by atoms with van der Waals surface area (Å²) >= 11 is 0. The molecule has 0 unspecified atom stereocenters. The molecule has 0 amide bonds. The fourth-order valence-electron chi connectivity index (χ4n) is 1.66. The Morgan fingerprint density at radius 1 is 1.30 bits per heavy atom. The minimum atomic E-state index is -3.66. The van der Waals surface area contributed by atoms with Gasteiger partial charge in [0, 0.05) is 12.6 Å². The molecule has 0 spiro atoms. The van der Waals surface area contributed by atoms with Crippen LogP contribution in [0.1, 0.15) is 22.8 Å². The first-order valence-electron chi connectivity index (χ1n) is 5.95. The summed E-state index contributed by atoms with van der Waals surface area (Å²) in [5, 5.41) is 3.62. The van der Waals surface area contributed by atoms with Gasteiger partial charge in [-0.3, -0.25) is 0 Å². The van der Waals surface area contributed by atoms with Crippen molar-refractivity contribution in [3.05, 3.63) is 35.0 Å². The molecule has 0 atom stereocenters. The van der Waals surface area contributed by atoms with Gasteiger partial charge in [0.25, 0.3) is 0 Å². The Kier molecular flexibility index (Phi) is 3.78. The Morgan fingerprint density at radius 2 is 2.00 bits per heavy atom. The van der Waals surface area contributed by atoms with E-state index < -0.39 is 10.0 Å². The van der Waals surface area contributed by atoms with Crippen molar-refractivity contribution < 1.29 is 12.9 Å². The summed E-state index contributed by atoms with van der Waals surface area (Å²) in [5.74, 6) is 0.664. The molecule has 20 heavy (non-hydrogen) atoms. The Hall–Kier alpha value is -1.93. The molecule has 0 aliphatic carbocycles. The van der Waals surface area contributed by atoms with E-state index in [2.05, 4.69) is 14.9 Å². The standard InChI is InChI=1S/C12H16N4O3S/c1-7-4-10(5-11(13)8(7)2)20(17,18)14-6-12-15-9(3)19-16-12/h4-5,14H,6,13H2,1-3H3. The number of hydrogen-bond donors (Lipinski definition) is 2. The van der Waals surface area contributed by atoms with Gasteiger partial charge in [-0.25, -0.2) is 13.1 Å². The summed E-state index contributed by atoms with van der Waals surface area (Å²) in [4.78, 5) is 4.05. The van der Waals surface area contributed by atoms with Gasteiger partial charge in [-0.05, 0) is 37.1 Å². The summed E-state index contributed by atoms with van der Waals surface area (Å²) in [6.45, 7) is 5.26. The second-order valence-corrected chi connectivity index (χ2v) is 6.28. The van der Waals surface area contributed by atoms with E-state index in [4.69, 9.17) is 10.3 Å². The van der Waals surface area contributed by atoms with Crippen molar-refractivity contribution in [2.75, 3.05) is 5.73 Å². The number of nitrogens with zero attached hydrogens (tertiary/aromatic N) is 2. The predicted octanol–water partition coefficient (Wildman–Crippen LogP) is 1.06. The average Bonchev–Trinajstić information content (AvgIpc) is 2.79. The fourth-order valence-corrected chi connectivity index (χ4v) is 2.76. The van der Waals surface area contributed by atoms with Crippen molar-refractivity contribution >= 4 is 15.7 Å². The lowest BCUT2D eigenvalue weighted by Gasteiger charge is -2.10. The second-order valence-electron chi connectivity index (χ2n) is 4.51. The summed E-state index contributed by atoms with van der Waals surface area (Å²) in [7, 11) is -3.66. The molecule has 7 nitrogen and oxygen atoms in total. The number of aromatic nitrogens is 2. The Morgan fingerprint density at radius 3 is 2.55 bits per heavy atom. The Labute approximate surface area is 117 Å². The maximum atomic E-state index is 12.2. The van der Waals surface area contributed by atoms with Gasteiger partial charge in [-0.15, -0.1) is 0 Å². The molecule has 108 valence electrons. The quantitative estimate of drug-likeness (QED) is 0.816. The van der Waals surface area contributed by atoms with E-state index in [1.54, 1.807) is 13.0 Å². The molecule has 8 heteroatoms. The van der Waals surface area contributed by atoms with Crippen LogP contribution in [0.25, 0.3) is 0 Å². The maximum absolute atomic E-state index is 12.2. The zero-order valence-corrected chi connectivity index (χ0v) is 12.3. The lowest BCUT2D eigenvalue weighted by molar-refractivity contribution is 0.387. The number of benzene rings is 1. The van der Waals surface area contributed by atoms with Gasteiger partial charge in [0.15, 0.2) is 5.82 Å². The smallest absolute Gasteiger partial charge is 0.241 e. The number of rotatable bonds is 4. The number of aryl methyl sites for hydroxylation is 2. The highest BCUT2D eigenvalue weighted by Crippen LogP contribution is 2.21. The molecule has 0 radical (unpaired) electrons. The lowest BCUT2D eigenvalue weighted by Crippen LogP contribution is -2.24. The van der Waals surface area contributed by atoms with Crippen LogP contribution in [-0.2, 0) is 16.6 Å². The number of anilines is 1. The Bertz CT molecular complexity index is 714. The molecule has 1 heterocycles. The maximum Gasteiger partial charge on any atom is 0.241 e. The molecule has 1 aromatic heterocycles. The van der Waals surface area contributed by atoms with Crippen LogP contribution >= 0.6 is 0 Å². The topological polar surface area (TPSA) is 111 Å². The van der Waals surface area contributed by atoms with Crippen LogP contribution in [0.3, 0.4) is 0 Å². The van der Waals surface area contributed by atoms with Crippen LogP contribution in [-0.4, -0.2) is 18.6 Å². The number of nitrogen functional groups attached to an aromatic ring is 1. The predicted molar refractivity (Wildman–Crippen MR) is 73.4 cm³/mol. The monoisotopic (exact) mass is 296 g/mol. The molecular weight excluding hydrogens is 280 g/mol. The summed E-state index contributed by atoms with van der Waals surface area (Å²) in [6.07, 6.45) is 0. The molecule has 1 aromatic carbocycles. The molecule has 3 N–H and O–H groups in total. The first kappa shape index (κ1) is 14.5. The molecule has 0 saturated carbocycles. The molecular formula is C12H16N4O3S. The van der Waals surface area contributed by atoms with Crippen molar-refractivity contribution in [3.8, 4) is 0 Å². The lowest BCUT2D eigenvalue weighted by atomic mass is 10.1. The van der Waals surface area contributed by atoms with Crippen LogP contribution in [0.5, 0.6) is 0 Å². The van der Waals surface area contributed by atoms with E-state index in [0.717, 1.165) is 11.1 Å². The molecule has 0 bridgehead atoms. The van der Waals surface area contributed by atoms with Gasteiger partial charge in [0.2, 0.25) is 15.9 Å². The third-order valence-corrected chi connectivity index (χ3v) is 4.36. The highest BCUT2D eigenvalue weighted by molar-refractivity contribution is 7.89. The van der Waals surface area contributed by atoms with E-state index >= 15 is 0 Å². The van der Waals surface area contributed by atoms with Crippen molar-refractivity contribution in [3.63, 3.8) is 0 Å². The molecule has 0 fully saturated rings. The van der Waals surface area contributed by atoms with Crippen LogP contribution in [0, 0.1) is 20.8 Å². The highest BCUT2D eigenvalue weighted by atomic mass is 32.2. The molecule has 0 aliphatic rings. The van der Waals surface area contributed by atoms with Gasteiger partial charge in [0.05, 0.1) is 11.4 Å². The van der Waals surface area contributed by atoms with E-state index in [1.165, 1.54) is 6.07 Å². The highest BCUT2D eigenvalue weighted by Gasteiger charge is 2.17. The second kappa shape index (κ2) is 5.22. The summed E-state index contributed by atoms with van der Waals surface area (Å²) in [5.41, 5.74) is 7.94. The van der Waals surface area contributed by atoms with E-state index in [1.807, 2.05) is 13.8 Å². The van der Waals surface area contributed by atoms with Gasteiger partial charge >= 0.3 is 0 Å². The molecule has 0 aliphatic heterocycles. The van der Waals surface area contributed by atoms with Crippen LogP contribution < -0.4 is 10.5 Å². The average molecular weight is 296 g/mol. The number of nitrogens with one attached hydrogen (secondary N) is 1. The van der Waals surface area contributed by atoms with E-state index in [-0.39, 0.29) is 17.3 Å². The largest absolute Gasteiger partial charge is 0.398 e. The number of nitrogens with two attached hydrogens (primary N) is 1. The third kappa shape index (κ3) is 2.97. The zero-order chi connectivity index (χ0) is 14.9. The number of hydrogen-bond acceptors (Lipinski definition) is 6. The normalized spacial score (nSPS) is 11.8. The SMILES string of the molecule is Cc1nc(CNS(=O)(=O)c2cc(C)c(C)c(N)c2)no1. The Balaban J connectivity index is 2.22. The first-order chi connectivity index (χ1) is 9.29. The van der Waals surface area contributed by atoms with Gasteiger partial charge < -0.3 is 10.3 Å². The van der Waals surface area contributed by atoms with E-state index in [0.29, 0.717) is 11.6 Å². The van der Waals surface area contributed by atoms with Crippen LogP contribution in [0.2, 0.25) is 0 Å². The molecule has 0 saturated heterocycles. The van der Waals surface area contributed by atoms with Crippen molar-refractivity contribution in [1.82, 2.24) is 14.9 Å².